The largest absolute Gasteiger partial charge is 0.378 e. The molecule has 2 heterocycles. The lowest BCUT2D eigenvalue weighted by Gasteiger charge is -2.30. The highest BCUT2D eigenvalue weighted by Crippen LogP contribution is 2.28. The highest BCUT2D eigenvalue weighted by molar-refractivity contribution is 6.01. The van der Waals surface area contributed by atoms with Gasteiger partial charge in [0, 0.05) is 31.4 Å². The monoisotopic (exact) mass is 418 g/mol. The summed E-state index contributed by atoms with van der Waals surface area (Å²) in [6.07, 6.45) is 1.67. The molecule has 31 heavy (non-hydrogen) atoms. The van der Waals surface area contributed by atoms with Gasteiger partial charge in [-0.05, 0) is 23.8 Å². The molecule has 8 nitrogen and oxygen atoms in total. The van der Waals surface area contributed by atoms with E-state index >= 15 is 0 Å². The van der Waals surface area contributed by atoms with Gasteiger partial charge in [-0.2, -0.15) is 0 Å². The van der Waals surface area contributed by atoms with Gasteiger partial charge in [0.1, 0.15) is 0 Å². The minimum Gasteiger partial charge on any atom is -0.378 e. The number of benzene rings is 2. The topological polar surface area (TPSA) is 97.6 Å². The molecule has 0 spiro atoms. The number of nitrogens with one attached hydrogen (secondary N) is 1. The van der Waals surface area contributed by atoms with Crippen LogP contribution in [0.1, 0.15) is 27.7 Å². The van der Waals surface area contributed by atoms with E-state index in [4.69, 9.17) is 4.74 Å². The summed E-state index contributed by atoms with van der Waals surface area (Å²) < 4.78 is 5.41. The summed E-state index contributed by atoms with van der Waals surface area (Å²) in [7, 11) is 0. The first-order valence-corrected chi connectivity index (χ1v) is 10.0. The number of nitro benzene ring substituents is 1. The number of anilines is 1. The summed E-state index contributed by atoms with van der Waals surface area (Å²) in [5.41, 5.74) is 2.33. The molecule has 3 aromatic rings. The number of nitro groups is 1. The molecule has 0 aliphatic carbocycles. The Morgan fingerprint density at radius 1 is 1.06 bits per heavy atom. The zero-order chi connectivity index (χ0) is 21.6. The number of hydrogen-bond acceptors (Lipinski definition) is 6. The molecule has 0 radical (unpaired) electrons. The summed E-state index contributed by atoms with van der Waals surface area (Å²) >= 11 is 0. The Labute approximate surface area is 179 Å². The van der Waals surface area contributed by atoms with Gasteiger partial charge in [0.15, 0.2) is 0 Å². The van der Waals surface area contributed by atoms with Gasteiger partial charge < -0.3 is 15.0 Å². The quantitative estimate of drug-likeness (QED) is 0.487. The van der Waals surface area contributed by atoms with Crippen LogP contribution in [0.4, 0.5) is 11.4 Å². The molecule has 0 bridgehead atoms. The second kappa shape index (κ2) is 9.36. The van der Waals surface area contributed by atoms with Gasteiger partial charge in [0.25, 0.3) is 11.6 Å². The predicted molar refractivity (Wildman–Crippen MR) is 116 cm³/mol. The molecule has 1 unspecified atom stereocenters. The maximum atomic E-state index is 13.4. The van der Waals surface area contributed by atoms with Crippen LogP contribution in [0, 0.1) is 10.1 Å². The highest BCUT2D eigenvalue weighted by atomic mass is 16.6. The second-order valence-electron chi connectivity index (χ2n) is 7.13. The summed E-state index contributed by atoms with van der Waals surface area (Å²) in [4.78, 5) is 30.7. The molecule has 1 saturated heterocycles. The van der Waals surface area contributed by atoms with Crippen molar-refractivity contribution in [2.45, 2.75) is 6.04 Å². The number of non-ortho nitro benzene ring substituents is 1. The summed E-state index contributed by atoms with van der Waals surface area (Å²) in [5.74, 6) is -0.398. The Balaban J connectivity index is 1.71. The van der Waals surface area contributed by atoms with Crippen molar-refractivity contribution in [1.29, 1.82) is 0 Å². The fraction of sp³-hybridized carbons (Fsp3) is 0.217. The van der Waals surface area contributed by atoms with Crippen LogP contribution in [-0.2, 0) is 4.74 Å². The molecular weight excluding hydrogens is 396 g/mol. The zero-order valence-electron chi connectivity index (χ0n) is 16.8. The van der Waals surface area contributed by atoms with Crippen LogP contribution in [0.5, 0.6) is 0 Å². The second-order valence-corrected chi connectivity index (χ2v) is 7.13. The molecule has 1 amide bonds. The molecule has 0 saturated carbocycles. The molecule has 1 atom stereocenters. The maximum Gasteiger partial charge on any atom is 0.270 e. The summed E-state index contributed by atoms with van der Waals surface area (Å²) in [6.45, 7) is 2.30. The molecule has 158 valence electrons. The third kappa shape index (κ3) is 4.70. The van der Waals surface area contributed by atoms with Crippen LogP contribution in [0.15, 0.2) is 72.9 Å². The number of carbonyl (C=O) groups excluding carboxylic acids is 1. The molecule has 1 aromatic heterocycles. The van der Waals surface area contributed by atoms with Gasteiger partial charge in [-0.15, -0.1) is 0 Å². The van der Waals surface area contributed by atoms with E-state index in [0.717, 1.165) is 5.56 Å². The van der Waals surface area contributed by atoms with Gasteiger partial charge in [-0.3, -0.25) is 19.9 Å². The molecule has 2 aromatic carbocycles. The van der Waals surface area contributed by atoms with Crippen molar-refractivity contribution in [3.63, 3.8) is 0 Å². The first-order chi connectivity index (χ1) is 15.1. The van der Waals surface area contributed by atoms with Crippen molar-refractivity contribution in [2.24, 2.45) is 0 Å². The number of carbonyl (C=O) groups is 1. The molecular formula is C23H22N4O4. The maximum absolute atomic E-state index is 13.4. The Morgan fingerprint density at radius 3 is 2.48 bits per heavy atom. The minimum absolute atomic E-state index is 0.128. The molecule has 1 aliphatic rings. The Morgan fingerprint density at radius 2 is 1.81 bits per heavy atom. The van der Waals surface area contributed by atoms with Crippen LogP contribution >= 0.6 is 0 Å². The fourth-order valence-corrected chi connectivity index (χ4v) is 3.63. The van der Waals surface area contributed by atoms with E-state index in [1.54, 1.807) is 12.3 Å². The van der Waals surface area contributed by atoms with Gasteiger partial charge in [0.2, 0.25) is 0 Å². The van der Waals surface area contributed by atoms with Crippen LogP contribution in [-0.4, -0.2) is 42.1 Å². The first-order valence-electron chi connectivity index (χ1n) is 10.0. The molecule has 4 rings (SSSR count). The van der Waals surface area contributed by atoms with Crippen LogP contribution in [0.3, 0.4) is 0 Å². The van der Waals surface area contributed by atoms with Gasteiger partial charge in [-0.1, -0.05) is 36.4 Å². The fourth-order valence-electron chi connectivity index (χ4n) is 3.63. The van der Waals surface area contributed by atoms with E-state index in [1.165, 1.54) is 12.1 Å². The third-order valence-electron chi connectivity index (χ3n) is 5.18. The molecule has 8 heteroatoms. The standard InChI is InChI=1S/C23H22N4O4/c28-23(25-22(17-6-2-1-3-7-17)20-8-4-5-11-24-20)19-16-18(27(29)30)9-10-21(19)26-12-14-31-15-13-26/h1-11,16,22H,12-15H2,(H,25,28). The number of rotatable bonds is 6. The number of ether oxygens (including phenoxy) is 1. The van der Waals surface area contributed by atoms with Crippen molar-refractivity contribution < 1.29 is 14.5 Å². The molecule has 1 N–H and O–H groups in total. The summed E-state index contributed by atoms with van der Waals surface area (Å²) in [6, 6.07) is 18.9. The number of amides is 1. The van der Waals surface area contributed by atoms with E-state index in [9.17, 15) is 14.9 Å². The minimum atomic E-state index is -0.494. The van der Waals surface area contributed by atoms with Crippen molar-refractivity contribution in [3.05, 3.63) is 99.9 Å². The number of nitrogens with zero attached hydrogens (tertiary/aromatic N) is 3. The van der Waals surface area contributed by atoms with E-state index < -0.39 is 16.9 Å². The van der Waals surface area contributed by atoms with Gasteiger partial charge >= 0.3 is 0 Å². The smallest absolute Gasteiger partial charge is 0.270 e. The van der Waals surface area contributed by atoms with Crippen LogP contribution in [0.2, 0.25) is 0 Å². The van der Waals surface area contributed by atoms with Gasteiger partial charge in [0.05, 0.1) is 41.1 Å². The molecule has 1 aliphatic heterocycles. The zero-order valence-corrected chi connectivity index (χ0v) is 16.8. The van der Waals surface area contributed by atoms with E-state index in [0.29, 0.717) is 37.7 Å². The van der Waals surface area contributed by atoms with Crippen LogP contribution < -0.4 is 10.2 Å². The van der Waals surface area contributed by atoms with Crippen molar-refractivity contribution in [1.82, 2.24) is 10.3 Å². The number of aromatic nitrogens is 1. The average Bonchev–Trinajstić information content (AvgIpc) is 2.83. The summed E-state index contributed by atoms with van der Waals surface area (Å²) in [5, 5.41) is 14.4. The van der Waals surface area contributed by atoms with E-state index in [-0.39, 0.29) is 11.3 Å². The van der Waals surface area contributed by atoms with Crippen molar-refractivity contribution in [3.8, 4) is 0 Å². The highest BCUT2D eigenvalue weighted by Gasteiger charge is 2.25. The van der Waals surface area contributed by atoms with Crippen molar-refractivity contribution in [2.75, 3.05) is 31.2 Å². The lowest BCUT2D eigenvalue weighted by Crippen LogP contribution is -2.38. The molecule has 1 fully saturated rings. The van der Waals surface area contributed by atoms with Crippen LogP contribution in [0.25, 0.3) is 0 Å². The first kappa shape index (κ1) is 20.5. The van der Waals surface area contributed by atoms with Gasteiger partial charge in [-0.25, -0.2) is 0 Å². The number of morpholine rings is 1. The predicted octanol–water partition coefficient (Wildman–Crippen LogP) is 3.35. The normalized spacial score (nSPS) is 14.6. The van der Waals surface area contributed by atoms with Crippen molar-refractivity contribution >= 4 is 17.3 Å². The third-order valence-corrected chi connectivity index (χ3v) is 5.18. The average molecular weight is 418 g/mol. The lowest BCUT2D eigenvalue weighted by atomic mass is 10.0. The van der Waals surface area contributed by atoms with E-state index in [1.807, 2.05) is 53.4 Å². The van der Waals surface area contributed by atoms with E-state index in [2.05, 4.69) is 10.3 Å². The Hall–Kier alpha value is -3.78. The number of pyridine rings is 1. The number of hydrogen-bond donors (Lipinski definition) is 1. The SMILES string of the molecule is O=C(NC(c1ccccc1)c1ccccn1)c1cc([N+](=O)[O-])ccc1N1CCOCC1. The lowest BCUT2D eigenvalue weighted by molar-refractivity contribution is -0.384. The Bertz CT molecular complexity index is 1010. The Kier molecular flexibility index (Phi) is 6.18.